The summed E-state index contributed by atoms with van der Waals surface area (Å²) in [5, 5.41) is 2.83. The molecule has 5 heteroatoms. The van der Waals surface area contributed by atoms with Crippen molar-refractivity contribution in [2.24, 2.45) is 5.73 Å². The molecule has 3 N–H and O–H groups in total. The monoisotopic (exact) mass is 337 g/mol. The molecule has 2 aromatic rings. The van der Waals surface area contributed by atoms with Gasteiger partial charge in [-0.05, 0) is 11.1 Å². The number of piperazine rings is 1. The molecule has 0 radical (unpaired) electrons. The predicted molar refractivity (Wildman–Crippen MR) is 96.9 cm³/mol. The molecular formula is C20H23N3O2. The minimum atomic E-state index is -0.499. The van der Waals surface area contributed by atoms with Crippen molar-refractivity contribution in [2.75, 3.05) is 19.6 Å². The van der Waals surface area contributed by atoms with E-state index in [9.17, 15) is 9.59 Å². The molecule has 2 amide bonds. The van der Waals surface area contributed by atoms with Crippen molar-refractivity contribution in [2.45, 2.75) is 18.4 Å². The standard InChI is InChI=1S/C20H23N3O2/c21-19(24)13-18-20(25)22-11-12-23(18)14-17(15-7-3-1-4-8-15)16-9-5-2-6-10-16/h1-10,17-18H,11-14H2,(H2,21,24)(H,22,25). The summed E-state index contributed by atoms with van der Waals surface area (Å²) in [4.78, 5) is 25.7. The van der Waals surface area contributed by atoms with E-state index >= 15 is 0 Å². The lowest BCUT2D eigenvalue weighted by Crippen LogP contribution is -2.57. The zero-order valence-electron chi connectivity index (χ0n) is 14.1. The van der Waals surface area contributed by atoms with Gasteiger partial charge in [0.25, 0.3) is 0 Å². The number of nitrogens with two attached hydrogens (primary N) is 1. The van der Waals surface area contributed by atoms with Crippen LogP contribution in [-0.4, -0.2) is 42.4 Å². The van der Waals surface area contributed by atoms with E-state index in [0.29, 0.717) is 19.6 Å². The predicted octanol–water partition coefficient (Wildman–Crippen LogP) is 1.49. The average Bonchev–Trinajstić information content (AvgIpc) is 2.63. The van der Waals surface area contributed by atoms with Crippen LogP contribution < -0.4 is 11.1 Å². The summed E-state index contributed by atoms with van der Waals surface area (Å²) in [5.74, 6) is -0.448. The number of primary amides is 1. The van der Waals surface area contributed by atoms with Crippen molar-refractivity contribution in [3.8, 4) is 0 Å². The summed E-state index contributed by atoms with van der Waals surface area (Å²) in [6, 6.07) is 20.0. The lowest BCUT2D eigenvalue weighted by molar-refractivity contribution is -0.133. The Morgan fingerprint density at radius 1 is 1.08 bits per heavy atom. The molecule has 0 aliphatic carbocycles. The van der Waals surface area contributed by atoms with E-state index in [1.165, 1.54) is 11.1 Å². The zero-order chi connectivity index (χ0) is 17.6. The molecule has 25 heavy (non-hydrogen) atoms. The first kappa shape index (κ1) is 17.2. The molecule has 2 aromatic carbocycles. The van der Waals surface area contributed by atoms with E-state index in [4.69, 9.17) is 5.73 Å². The number of carbonyl (C=O) groups excluding carboxylic acids is 2. The molecule has 1 fully saturated rings. The molecule has 1 aliphatic rings. The molecular weight excluding hydrogens is 314 g/mol. The first-order valence-corrected chi connectivity index (χ1v) is 8.55. The maximum Gasteiger partial charge on any atom is 0.237 e. The van der Waals surface area contributed by atoms with Crippen LogP contribution in [0.2, 0.25) is 0 Å². The number of amides is 2. The average molecular weight is 337 g/mol. The molecule has 0 spiro atoms. The Kier molecular flexibility index (Phi) is 5.46. The summed E-state index contributed by atoms with van der Waals surface area (Å²) in [5.41, 5.74) is 7.74. The van der Waals surface area contributed by atoms with Crippen LogP contribution in [0.25, 0.3) is 0 Å². The Labute approximate surface area is 147 Å². The smallest absolute Gasteiger partial charge is 0.237 e. The Balaban J connectivity index is 1.88. The minimum absolute atomic E-state index is 0.0438. The van der Waals surface area contributed by atoms with E-state index in [1.54, 1.807) is 0 Å². The van der Waals surface area contributed by atoms with Gasteiger partial charge < -0.3 is 11.1 Å². The van der Waals surface area contributed by atoms with Crippen LogP contribution in [0.3, 0.4) is 0 Å². The molecule has 1 unspecified atom stereocenters. The van der Waals surface area contributed by atoms with Gasteiger partial charge in [-0.3, -0.25) is 14.5 Å². The molecule has 0 bridgehead atoms. The van der Waals surface area contributed by atoms with Gasteiger partial charge in [0, 0.05) is 25.6 Å². The quantitative estimate of drug-likeness (QED) is 0.839. The van der Waals surface area contributed by atoms with Gasteiger partial charge in [-0.15, -0.1) is 0 Å². The van der Waals surface area contributed by atoms with Crippen molar-refractivity contribution < 1.29 is 9.59 Å². The molecule has 1 atom stereocenters. The summed E-state index contributed by atoms with van der Waals surface area (Å²) in [6.07, 6.45) is 0.0438. The second-order valence-electron chi connectivity index (χ2n) is 6.35. The number of rotatable bonds is 6. The van der Waals surface area contributed by atoms with Crippen LogP contribution in [-0.2, 0) is 9.59 Å². The molecule has 1 heterocycles. The number of nitrogens with one attached hydrogen (secondary N) is 1. The molecule has 0 aromatic heterocycles. The lowest BCUT2D eigenvalue weighted by atomic mass is 9.90. The second-order valence-corrected chi connectivity index (χ2v) is 6.35. The van der Waals surface area contributed by atoms with Crippen molar-refractivity contribution in [1.29, 1.82) is 0 Å². The molecule has 1 saturated heterocycles. The maximum absolute atomic E-state index is 12.2. The van der Waals surface area contributed by atoms with Crippen LogP contribution in [0.1, 0.15) is 23.5 Å². The molecule has 130 valence electrons. The number of nitrogens with zero attached hydrogens (tertiary/aromatic N) is 1. The van der Waals surface area contributed by atoms with E-state index in [1.807, 2.05) is 36.4 Å². The highest BCUT2D eigenvalue weighted by Crippen LogP contribution is 2.27. The second kappa shape index (κ2) is 7.94. The van der Waals surface area contributed by atoms with Crippen LogP contribution in [0, 0.1) is 0 Å². The molecule has 5 nitrogen and oxygen atoms in total. The highest BCUT2D eigenvalue weighted by molar-refractivity contribution is 5.88. The lowest BCUT2D eigenvalue weighted by Gasteiger charge is -2.37. The summed E-state index contributed by atoms with van der Waals surface area (Å²) in [6.45, 7) is 1.96. The minimum Gasteiger partial charge on any atom is -0.370 e. The van der Waals surface area contributed by atoms with Crippen molar-refractivity contribution in [1.82, 2.24) is 10.2 Å². The van der Waals surface area contributed by atoms with Gasteiger partial charge >= 0.3 is 0 Å². The third-order valence-electron chi connectivity index (χ3n) is 4.66. The first-order chi connectivity index (χ1) is 12.1. The Morgan fingerprint density at radius 2 is 1.64 bits per heavy atom. The van der Waals surface area contributed by atoms with E-state index in [0.717, 1.165) is 0 Å². The van der Waals surface area contributed by atoms with Gasteiger partial charge in [0.1, 0.15) is 0 Å². The van der Waals surface area contributed by atoms with E-state index in [-0.39, 0.29) is 18.2 Å². The summed E-state index contributed by atoms with van der Waals surface area (Å²) < 4.78 is 0. The van der Waals surface area contributed by atoms with Crippen LogP contribution in [0.15, 0.2) is 60.7 Å². The zero-order valence-corrected chi connectivity index (χ0v) is 14.1. The number of carbonyl (C=O) groups is 2. The Bertz CT molecular complexity index is 679. The third-order valence-corrected chi connectivity index (χ3v) is 4.66. The number of benzene rings is 2. The first-order valence-electron chi connectivity index (χ1n) is 8.55. The van der Waals surface area contributed by atoms with Crippen LogP contribution >= 0.6 is 0 Å². The Morgan fingerprint density at radius 3 is 2.16 bits per heavy atom. The van der Waals surface area contributed by atoms with Gasteiger partial charge in [-0.25, -0.2) is 0 Å². The fraction of sp³-hybridized carbons (Fsp3) is 0.300. The number of hydrogen-bond acceptors (Lipinski definition) is 3. The fourth-order valence-electron chi connectivity index (χ4n) is 3.40. The molecule has 0 saturated carbocycles. The molecule has 3 rings (SSSR count). The fourth-order valence-corrected chi connectivity index (χ4v) is 3.40. The van der Waals surface area contributed by atoms with Crippen LogP contribution in [0.4, 0.5) is 0 Å². The SMILES string of the molecule is NC(=O)CC1C(=O)NCCN1CC(c1ccccc1)c1ccccc1. The van der Waals surface area contributed by atoms with Gasteiger partial charge in [0.05, 0.1) is 12.5 Å². The van der Waals surface area contributed by atoms with E-state index < -0.39 is 11.9 Å². The topological polar surface area (TPSA) is 75.4 Å². The number of hydrogen-bond donors (Lipinski definition) is 2. The van der Waals surface area contributed by atoms with Gasteiger partial charge in [0.15, 0.2) is 0 Å². The third kappa shape index (κ3) is 4.25. The van der Waals surface area contributed by atoms with Gasteiger partial charge in [-0.1, -0.05) is 60.7 Å². The van der Waals surface area contributed by atoms with Crippen LogP contribution in [0.5, 0.6) is 0 Å². The molecule has 1 aliphatic heterocycles. The highest BCUT2D eigenvalue weighted by atomic mass is 16.2. The van der Waals surface area contributed by atoms with Crippen molar-refractivity contribution in [3.63, 3.8) is 0 Å². The maximum atomic E-state index is 12.2. The highest BCUT2D eigenvalue weighted by Gasteiger charge is 2.32. The van der Waals surface area contributed by atoms with Gasteiger partial charge in [-0.2, -0.15) is 0 Å². The van der Waals surface area contributed by atoms with Crippen molar-refractivity contribution in [3.05, 3.63) is 71.8 Å². The van der Waals surface area contributed by atoms with E-state index in [2.05, 4.69) is 34.5 Å². The summed E-state index contributed by atoms with van der Waals surface area (Å²) in [7, 11) is 0. The Hall–Kier alpha value is -2.66. The summed E-state index contributed by atoms with van der Waals surface area (Å²) >= 11 is 0. The largest absolute Gasteiger partial charge is 0.370 e. The van der Waals surface area contributed by atoms with Gasteiger partial charge in [0.2, 0.25) is 11.8 Å². The van der Waals surface area contributed by atoms with Crippen molar-refractivity contribution >= 4 is 11.8 Å². The normalized spacial score (nSPS) is 18.1.